The summed E-state index contributed by atoms with van der Waals surface area (Å²) in [7, 11) is 0. The van der Waals surface area contributed by atoms with Crippen molar-refractivity contribution in [2.45, 2.75) is 45.1 Å². The average molecular weight is 264 g/mol. The molecule has 0 atom stereocenters. The van der Waals surface area contributed by atoms with E-state index in [0.29, 0.717) is 24.7 Å². The van der Waals surface area contributed by atoms with E-state index in [9.17, 15) is 9.59 Å². The number of rotatable bonds is 6. The molecule has 0 radical (unpaired) electrons. The smallest absolute Gasteiger partial charge is 0.252 e. The van der Waals surface area contributed by atoms with Crippen LogP contribution in [0.25, 0.3) is 0 Å². The molecule has 0 saturated heterocycles. The molecule has 0 bridgehead atoms. The van der Waals surface area contributed by atoms with E-state index in [2.05, 4.69) is 20.6 Å². The van der Waals surface area contributed by atoms with Gasteiger partial charge in [-0.2, -0.15) is 0 Å². The fraction of sp³-hybridized carbons (Fsp3) is 0.615. The van der Waals surface area contributed by atoms with Gasteiger partial charge in [-0.05, 0) is 26.7 Å². The highest BCUT2D eigenvalue weighted by molar-refractivity contribution is 5.76. The summed E-state index contributed by atoms with van der Waals surface area (Å²) in [5, 5.41) is 5.83. The lowest BCUT2D eigenvalue weighted by atomic mass is 10.3. The molecule has 6 heteroatoms. The normalized spacial score (nSPS) is 14.5. The van der Waals surface area contributed by atoms with E-state index in [1.165, 1.54) is 6.07 Å². The van der Waals surface area contributed by atoms with Gasteiger partial charge < -0.3 is 15.6 Å². The molecule has 2 rings (SSSR count). The van der Waals surface area contributed by atoms with Crippen LogP contribution in [0.4, 0.5) is 5.82 Å². The van der Waals surface area contributed by atoms with Crippen molar-refractivity contribution in [3.05, 3.63) is 22.2 Å². The first-order valence-corrected chi connectivity index (χ1v) is 6.69. The Kier molecular flexibility index (Phi) is 4.19. The zero-order valence-corrected chi connectivity index (χ0v) is 11.3. The molecule has 1 aliphatic rings. The summed E-state index contributed by atoms with van der Waals surface area (Å²) in [4.78, 5) is 30.0. The van der Waals surface area contributed by atoms with E-state index in [1.54, 1.807) is 0 Å². The van der Waals surface area contributed by atoms with Gasteiger partial charge in [0.05, 0.1) is 0 Å². The quantitative estimate of drug-likeness (QED) is 0.714. The number of carbonyl (C=O) groups is 1. The van der Waals surface area contributed by atoms with E-state index in [4.69, 9.17) is 0 Å². The summed E-state index contributed by atoms with van der Waals surface area (Å²) in [6.45, 7) is 4.32. The Morgan fingerprint density at radius 2 is 2.26 bits per heavy atom. The van der Waals surface area contributed by atoms with Gasteiger partial charge in [0.15, 0.2) is 0 Å². The molecule has 1 saturated carbocycles. The summed E-state index contributed by atoms with van der Waals surface area (Å²) < 4.78 is 0. The summed E-state index contributed by atoms with van der Waals surface area (Å²) in [6, 6.07) is 1.57. The van der Waals surface area contributed by atoms with Crippen molar-refractivity contribution in [1.82, 2.24) is 15.3 Å². The molecule has 1 amide bonds. The lowest BCUT2D eigenvalue weighted by Gasteiger charge is -2.09. The van der Waals surface area contributed by atoms with E-state index in [-0.39, 0.29) is 17.5 Å². The molecule has 104 valence electrons. The summed E-state index contributed by atoms with van der Waals surface area (Å²) in [5.74, 6) is 1.69. The Morgan fingerprint density at radius 1 is 1.53 bits per heavy atom. The van der Waals surface area contributed by atoms with Crippen LogP contribution in [0.2, 0.25) is 0 Å². The van der Waals surface area contributed by atoms with Crippen molar-refractivity contribution in [3.63, 3.8) is 0 Å². The van der Waals surface area contributed by atoms with Crippen LogP contribution in [0.3, 0.4) is 0 Å². The van der Waals surface area contributed by atoms with Crippen LogP contribution in [0.5, 0.6) is 0 Å². The number of nitrogens with one attached hydrogen (secondary N) is 3. The highest BCUT2D eigenvalue weighted by Gasteiger charge is 2.26. The number of aromatic nitrogens is 2. The van der Waals surface area contributed by atoms with E-state index < -0.39 is 0 Å². The molecule has 1 fully saturated rings. The molecule has 6 nitrogen and oxygen atoms in total. The fourth-order valence-electron chi connectivity index (χ4n) is 1.82. The second-order valence-corrected chi connectivity index (χ2v) is 5.19. The number of H-pyrrole nitrogens is 1. The molecule has 19 heavy (non-hydrogen) atoms. The van der Waals surface area contributed by atoms with Gasteiger partial charge in [0, 0.05) is 31.0 Å². The van der Waals surface area contributed by atoms with Crippen molar-refractivity contribution in [1.29, 1.82) is 0 Å². The monoisotopic (exact) mass is 264 g/mol. The van der Waals surface area contributed by atoms with Gasteiger partial charge in [0.1, 0.15) is 11.6 Å². The standard InChI is InChI=1S/C13H20N4O2/c1-8(2)15-11(18)5-6-14-10-7-12(19)17-13(16-10)9-3-4-9/h7-9H,3-6H2,1-2H3,(H,15,18)(H2,14,16,17,19). The van der Waals surface area contributed by atoms with E-state index >= 15 is 0 Å². The number of carbonyl (C=O) groups excluding carboxylic acids is 1. The number of aromatic amines is 1. The topological polar surface area (TPSA) is 86.9 Å². The number of anilines is 1. The van der Waals surface area contributed by atoms with Crippen LogP contribution in [-0.2, 0) is 4.79 Å². The zero-order chi connectivity index (χ0) is 13.8. The molecular formula is C13H20N4O2. The van der Waals surface area contributed by atoms with Gasteiger partial charge in [0.25, 0.3) is 5.56 Å². The minimum atomic E-state index is -0.147. The van der Waals surface area contributed by atoms with E-state index in [0.717, 1.165) is 18.7 Å². The largest absolute Gasteiger partial charge is 0.369 e. The predicted molar refractivity (Wildman–Crippen MR) is 73.2 cm³/mol. The summed E-state index contributed by atoms with van der Waals surface area (Å²) >= 11 is 0. The van der Waals surface area contributed by atoms with Crippen LogP contribution < -0.4 is 16.2 Å². The van der Waals surface area contributed by atoms with Crippen molar-refractivity contribution in [2.24, 2.45) is 0 Å². The zero-order valence-electron chi connectivity index (χ0n) is 11.3. The van der Waals surface area contributed by atoms with Gasteiger partial charge in [-0.25, -0.2) is 4.98 Å². The van der Waals surface area contributed by atoms with Crippen molar-refractivity contribution in [2.75, 3.05) is 11.9 Å². The molecule has 1 heterocycles. The Balaban J connectivity index is 1.85. The number of hydrogen-bond acceptors (Lipinski definition) is 4. The molecular weight excluding hydrogens is 244 g/mol. The second kappa shape index (κ2) is 5.86. The van der Waals surface area contributed by atoms with Gasteiger partial charge in [-0.1, -0.05) is 0 Å². The second-order valence-electron chi connectivity index (χ2n) is 5.19. The number of amides is 1. The van der Waals surface area contributed by atoms with Gasteiger partial charge >= 0.3 is 0 Å². The predicted octanol–water partition coefficient (Wildman–Crippen LogP) is 0.974. The van der Waals surface area contributed by atoms with Gasteiger partial charge in [-0.15, -0.1) is 0 Å². The van der Waals surface area contributed by atoms with Crippen LogP contribution in [-0.4, -0.2) is 28.5 Å². The number of hydrogen-bond donors (Lipinski definition) is 3. The first kappa shape index (κ1) is 13.6. The Labute approximate surface area is 112 Å². The van der Waals surface area contributed by atoms with E-state index in [1.807, 2.05) is 13.8 Å². The Morgan fingerprint density at radius 3 is 2.89 bits per heavy atom. The first-order chi connectivity index (χ1) is 9.04. The molecule has 1 aliphatic carbocycles. The van der Waals surface area contributed by atoms with Crippen molar-refractivity contribution >= 4 is 11.7 Å². The van der Waals surface area contributed by atoms with Crippen LogP contribution in [0, 0.1) is 0 Å². The molecule has 3 N–H and O–H groups in total. The lowest BCUT2D eigenvalue weighted by molar-refractivity contribution is -0.121. The van der Waals surface area contributed by atoms with Crippen molar-refractivity contribution in [3.8, 4) is 0 Å². The van der Waals surface area contributed by atoms with Crippen LogP contribution in [0.1, 0.15) is 44.9 Å². The fourth-order valence-corrected chi connectivity index (χ4v) is 1.82. The van der Waals surface area contributed by atoms with Crippen LogP contribution >= 0.6 is 0 Å². The third-order valence-electron chi connectivity index (χ3n) is 2.83. The van der Waals surface area contributed by atoms with Crippen molar-refractivity contribution < 1.29 is 4.79 Å². The maximum Gasteiger partial charge on any atom is 0.252 e. The molecule has 1 aromatic rings. The van der Waals surface area contributed by atoms with Crippen LogP contribution in [0.15, 0.2) is 10.9 Å². The van der Waals surface area contributed by atoms with Gasteiger partial charge in [-0.3, -0.25) is 9.59 Å². The summed E-state index contributed by atoms with van der Waals surface area (Å²) in [6.07, 6.45) is 2.54. The molecule has 0 unspecified atom stereocenters. The molecule has 0 aliphatic heterocycles. The average Bonchev–Trinajstić information content (AvgIpc) is 3.10. The first-order valence-electron chi connectivity index (χ1n) is 6.69. The molecule has 1 aromatic heterocycles. The third kappa shape index (κ3) is 4.39. The maximum absolute atomic E-state index is 11.5. The third-order valence-corrected chi connectivity index (χ3v) is 2.83. The minimum absolute atomic E-state index is 0.00485. The van der Waals surface area contributed by atoms with Gasteiger partial charge in [0.2, 0.25) is 5.91 Å². The number of nitrogens with zero attached hydrogens (tertiary/aromatic N) is 1. The SMILES string of the molecule is CC(C)NC(=O)CCNc1cc(=O)[nH]c(C2CC2)n1. The Hall–Kier alpha value is -1.85. The molecule has 0 spiro atoms. The highest BCUT2D eigenvalue weighted by Crippen LogP contribution is 2.37. The lowest BCUT2D eigenvalue weighted by Crippen LogP contribution is -2.31. The highest BCUT2D eigenvalue weighted by atomic mass is 16.1. The minimum Gasteiger partial charge on any atom is -0.369 e. The summed E-state index contributed by atoms with van der Waals surface area (Å²) in [5.41, 5.74) is -0.147. The Bertz CT molecular complexity index is 506. The molecule has 0 aromatic carbocycles. The maximum atomic E-state index is 11.5.